The van der Waals surface area contributed by atoms with E-state index in [4.69, 9.17) is 0 Å². The number of aromatic nitrogens is 1. The summed E-state index contributed by atoms with van der Waals surface area (Å²) in [6.07, 6.45) is 2.66. The van der Waals surface area contributed by atoms with E-state index in [0.717, 1.165) is 24.2 Å². The number of ketones is 1. The highest BCUT2D eigenvalue weighted by Gasteiger charge is 2.09. The summed E-state index contributed by atoms with van der Waals surface area (Å²) in [4.78, 5) is 18.4. The number of carbonyl (C=O) groups is 1. The average molecular weight is 268 g/mol. The van der Waals surface area contributed by atoms with E-state index in [9.17, 15) is 4.79 Å². The van der Waals surface area contributed by atoms with Crippen LogP contribution in [0.15, 0.2) is 48.7 Å². The van der Waals surface area contributed by atoms with Gasteiger partial charge in [-0.05, 0) is 26.1 Å². The molecule has 2 rings (SSSR count). The van der Waals surface area contributed by atoms with E-state index in [1.807, 2.05) is 61.3 Å². The molecule has 0 N–H and O–H groups in total. The number of pyridine rings is 1. The minimum absolute atomic E-state index is 0.161. The van der Waals surface area contributed by atoms with Crippen LogP contribution in [0.25, 0.3) is 0 Å². The average Bonchev–Trinajstić information content (AvgIpc) is 2.47. The second kappa shape index (κ2) is 6.96. The maximum atomic E-state index is 12.1. The molecule has 0 atom stereocenters. The Morgan fingerprint density at radius 1 is 1.15 bits per heavy atom. The van der Waals surface area contributed by atoms with Crippen molar-refractivity contribution in [1.29, 1.82) is 0 Å². The monoisotopic (exact) mass is 268 g/mol. The number of rotatable bonds is 6. The van der Waals surface area contributed by atoms with Gasteiger partial charge in [0.15, 0.2) is 5.78 Å². The summed E-state index contributed by atoms with van der Waals surface area (Å²) >= 11 is 0. The third-order valence-corrected chi connectivity index (χ3v) is 3.26. The quantitative estimate of drug-likeness (QED) is 0.755. The van der Waals surface area contributed by atoms with Gasteiger partial charge in [-0.3, -0.25) is 14.7 Å². The largest absolute Gasteiger partial charge is 0.299 e. The van der Waals surface area contributed by atoms with Crippen molar-refractivity contribution < 1.29 is 4.79 Å². The predicted molar refractivity (Wildman–Crippen MR) is 80.9 cm³/mol. The Bertz CT molecular complexity index is 549. The van der Waals surface area contributed by atoms with Crippen molar-refractivity contribution in [3.63, 3.8) is 0 Å². The Morgan fingerprint density at radius 3 is 2.55 bits per heavy atom. The highest BCUT2D eigenvalue weighted by Crippen LogP contribution is 2.05. The van der Waals surface area contributed by atoms with E-state index in [0.29, 0.717) is 6.54 Å². The van der Waals surface area contributed by atoms with E-state index in [-0.39, 0.29) is 5.78 Å². The summed E-state index contributed by atoms with van der Waals surface area (Å²) in [6.45, 7) is 3.29. The molecule has 0 bridgehead atoms. The zero-order chi connectivity index (χ0) is 14.4. The van der Waals surface area contributed by atoms with E-state index < -0.39 is 0 Å². The van der Waals surface area contributed by atoms with Gasteiger partial charge in [0.05, 0.1) is 6.54 Å². The fraction of sp³-hybridized carbons (Fsp3) is 0.294. The van der Waals surface area contributed by atoms with Crippen molar-refractivity contribution in [3.05, 3.63) is 65.5 Å². The molecule has 1 heterocycles. The zero-order valence-electron chi connectivity index (χ0n) is 12.0. The molecule has 20 heavy (non-hydrogen) atoms. The molecule has 104 valence electrons. The molecule has 3 heteroatoms. The lowest BCUT2D eigenvalue weighted by Gasteiger charge is -2.15. The van der Waals surface area contributed by atoms with Crippen LogP contribution < -0.4 is 0 Å². The lowest BCUT2D eigenvalue weighted by Crippen LogP contribution is -2.28. The molecular weight excluding hydrogens is 248 g/mol. The Labute approximate surface area is 120 Å². The van der Waals surface area contributed by atoms with Gasteiger partial charge in [-0.15, -0.1) is 0 Å². The first-order valence-corrected chi connectivity index (χ1v) is 6.83. The summed E-state index contributed by atoms with van der Waals surface area (Å²) in [5.74, 6) is 0.161. The number of carbonyl (C=O) groups excluding carboxylic acids is 1. The number of benzene rings is 1. The Morgan fingerprint density at radius 2 is 1.90 bits per heavy atom. The fourth-order valence-corrected chi connectivity index (χ4v) is 2.01. The van der Waals surface area contributed by atoms with Gasteiger partial charge in [-0.1, -0.05) is 35.9 Å². The first kappa shape index (κ1) is 14.4. The number of nitrogens with zero attached hydrogens (tertiary/aromatic N) is 2. The third-order valence-electron chi connectivity index (χ3n) is 3.26. The van der Waals surface area contributed by atoms with Crippen LogP contribution in [0.5, 0.6) is 0 Å². The lowest BCUT2D eigenvalue weighted by molar-refractivity contribution is 0.0946. The minimum atomic E-state index is 0.161. The molecule has 0 fully saturated rings. The first-order chi connectivity index (χ1) is 9.65. The van der Waals surface area contributed by atoms with Crippen molar-refractivity contribution in [2.45, 2.75) is 13.3 Å². The van der Waals surface area contributed by atoms with Crippen LogP contribution in [-0.2, 0) is 6.42 Å². The van der Waals surface area contributed by atoms with E-state index in [2.05, 4.69) is 4.98 Å². The molecule has 0 unspecified atom stereocenters. The normalized spacial score (nSPS) is 10.8. The molecule has 0 amide bonds. The van der Waals surface area contributed by atoms with Crippen LogP contribution in [0.3, 0.4) is 0 Å². The van der Waals surface area contributed by atoms with Gasteiger partial charge in [0.25, 0.3) is 0 Å². The topological polar surface area (TPSA) is 33.2 Å². The van der Waals surface area contributed by atoms with Crippen LogP contribution in [0, 0.1) is 6.92 Å². The number of hydrogen-bond acceptors (Lipinski definition) is 3. The van der Waals surface area contributed by atoms with E-state index in [1.54, 1.807) is 6.20 Å². The molecule has 0 aliphatic heterocycles. The first-order valence-electron chi connectivity index (χ1n) is 6.83. The van der Waals surface area contributed by atoms with Gasteiger partial charge in [-0.25, -0.2) is 0 Å². The van der Waals surface area contributed by atoms with Gasteiger partial charge in [0.1, 0.15) is 0 Å². The predicted octanol–water partition coefficient (Wildman–Crippen LogP) is 2.75. The Balaban J connectivity index is 1.83. The lowest BCUT2D eigenvalue weighted by atomic mass is 10.1. The van der Waals surface area contributed by atoms with Gasteiger partial charge < -0.3 is 0 Å². The summed E-state index contributed by atoms with van der Waals surface area (Å²) in [5, 5.41) is 0. The van der Waals surface area contributed by atoms with Crippen LogP contribution in [0.2, 0.25) is 0 Å². The highest BCUT2D eigenvalue weighted by atomic mass is 16.1. The Kier molecular flexibility index (Phi) is 5.02. The Hall–Kier alpha value is -2.00. The van der Waals surface area contributed by atoms with Crippen LogP contribution in [-0.4, -0.2) is 35.8 Å². The van der Waals surface area contributed by atoms with Crippen molar-refractivity contribution in [2.24, 2.45) is 0 Å². The summed E-state index contributed by atoms with van der Waals surface area (Å²) in [6, 6.07) is 13.6. The second-order valence-electron chi connectivity index (χ2n) is 5.10. The molecule has 0 saturated heterocycles. The number of Topliss-reactive ketones (excluding diaryl/α,β-unsaturated/α-hetero) is 1. The van der Waals surface area contributed by atoms with Gasteiger partial charge >= 0.3 is 0 Å². The maximum absolute atomic E-state index is 12.1. The van der Waals surface area contributed by atoms with E-state index in [1.165, 1.54) is 5.56 Å². The maximum Gasteiger partial charge on any atom is 0.176 e. The summed E-state index contributed by atoms with van der Waals surface area (Å²) < 4.78 is 0. The smallest absolute Gasteiger partial charge is 0.176 e. The molecule has 3 nitrogen and oxygen atoms in total. The SMILES string of the molecule is Cc1ccc(C(=O)CN(C)CCc2ccccn2)cc1. The molecule has 1 aromatic heterocycles. The minimum Gasteiger partial charge on any atom is -0.299 e. The molecule has 0 aliphatic rings. The second-order valence-corrected chi connectivity index (χ2v) is 5.10. The highest BCUT2D eigenvalue weighted by molar-refractivity contribution is 5.97. The van der Waals surface area contributed by atoms with Crippen molar-refractivity contribution >= 4 is 5.78 Å². The zero-order valence-corrected chi connectivity index (χ0v) is 12.0. The molecule has 0 radical (unpaired) electrons. The van der Waals surface area contributed by atoms with Gasteiger partial charge in [0.2, 0.25) is 0 Å². The van der Waals surface area contributed by atoms with Crippen molar-refractivity contribution in [1.82, 2.24) is 9.88 Å². The van der Waals surface area contributed by atoms with Crippen molar-refractivity contribution in [3.8, 4) is 0 Å². The molecule has 0 spiro atoms. The molecular formula is C17H20N2O. The number of aryl methyl sites for hydroxylation is 1. The summed E-state index contributed by atoms with van der Waals surface area (Å²) in [7, 11) is 1.97. The standard InChI is InChI=1S/C17H20N2O/c1-14-6-8-15(9-7-14)17(20)13-19(2)12-10-16-5-3-4-11-18-16/h3-9,11H,10,12-13H2,1-2H3. The molecule has 0 aliphatic carbocycles. The van der Waals surface area contributed by atoms with Gasteiger partial charge in [-0.2, -0.15) is 0 Å². The van der Waals surface area contributed by atoms with Crippen molar-refractivity contribution in [2.75, 3.05) is 20.1 Å². The fourth-order valence-electron chi connectivity index (χ4n) is 2.01. The summed E-state index contributed by atoms with van der Waals surface area (Å²) in [5.41, 5.74) is 3.01. The third kappa shape index (κ3) is 4.28. The van der Waals surface area contributed by atoms with Crippen LogP contribution in [0.1, 0.15) is 21.6 Å². The molecule has 0 saturated carbocycles. The van der Waals surface area contributed by atoms with Crippen LogP contribution in [0.4, 0.5) is 0 Å². The number of likely N-dealkylation sites (N-methyl/N-ethyl adjacent to an activating group) is 1. The van der Waals surface area contributed by atoms with Crippen LogP contribution >= 0.6 is 0 Å². The molecule has 2 aromatic rings. The molecule has 1 aromatic carbocycles. The van der Waals surface area contributed by atoms with E-state index >= 15 is 0 Å². The van der Waals surface area contributed by atoms with Gasteiger partial charge in [0, 0.05) is 30.4 Å². The number of hydrogen-bond donors (Lipinski definition) is 0.